The van der Waals surface area contributed by atoms with Crippen molar-refractivity contribution in [3.05, 3.63) is 0 Å². The Morgan fingerprint density at radius 3 is 2.26 bits per heavy atom. The molecule has 1 aliphatic rings. The van der Waals surface area contributed by atoms with E-state index in [1.807, 2.05) is 0 Å². The normalized spacial score (nSPS) is 27.3. The van der Waals surface area contributed by atoms with Crippen LogP contribution in [-0.2, 0) is 9.59 Å². The second-order valence-corrected chi connectivity index (χ2v) is 6.53. The van der Waals surface area contributed by atoms with Gasteiger partial charge in [-0.05, 0) is 30.6 Å². The van der Waals surface area contributed by atoms with E-state index in [1.54, 1.807) is 0 Å². The van der Waals surface area contributed by atoms with Gasteiger partial charge in [0.2, 0.25) is 5.91 Å². The van der Waals surface area contributed by atoms with Gasteiger partial charge >= 0.3 is 5.97 Å². The average molecular weight is 269 g/mol. The number of amides is 1. The molecule has 4 nitrogen and oxygen atoms in total. The summed E-state index contributed by atoms with van der Waals surface area (Å²) in [4.78, 5) is 23.5. The molecule has 0 heterocycles. The molecular weight excluding hydrogens is 242 g/mol. The zero-order chi connectivity index (χ0) is 14.6. The summed E-state index contributed by atoms with van der Waals surface area (Å²) in [7, 11) is 0. The molecule has 1 fully saturated rings. The quantitative estimate of drug-likeness (QED) is 0.779. The predicted octanol–water partition coefficient (Wildman–Crippen LogP) is 2.68. The number of rotatable bonds is 6. The molecule has 1 unspecified atom stereocenters. The Bertz CT molecular complexity index is 338. The summed E-state index contributed by atoms with van der Waals surface area (Å²) in [5, 5.41) is 12.2. The molecule has 110 valence electrons. The maximum Gasteiger partial charge on any atom is 0.307 e. The van der Waals surface area contributed by atoms with Gasteiger partial charge in [-0.25, -0.2) is 0 Å². The van der Waals surface area contributed by atoms with E-state index < -0.39 is 11.9 Å². The summed E-state index contributed by atoms with van der Waals surface area (Å²) in [6.45, 7) is 8.97. The lowest BCUT2D eigenvalue weighted by molar-refractivity contribution is -0.146. The Morgan fingerprint density at radius 2 is 1.79 bits per heavy atom. The molecule has 1 saturated carbocycles. The Labute approximate surface area is 116 Å². The number of nitrogens with one attached hydrogen (secondary N) is 1. The number of aliphatic carboxylic acids is 1. The number of hydrogen-bond donors (Lipinski definition) is 2. The third kappa shape index (κ3) is 4.22. The molecule has 0 bridgehead atoms. The van der Waals surface area contributed by atoms with Crippen LogP contribution in [0, 0.1) is 23.2 Å². The number of hydrogen-bond acceptors (Lipinski definition) is 2. The molecule has 0 aromatic heterocycles. The molecule has 0 spiro atoms. The van der Waals surface area contributed by atoms with Crippen LogP contribution < -0.4 is 5.32 Å². The van der Waals surface area contributed by atoms with Gasteiger partial charge < -0.3 is 10.4 Å². The van der Waals surface area contributed by atoms with Crippen LogP contribution in [0.15, 0.2) is 0 Å². The van der Waals surface area contributed by atoms with Gasteiger partial charge in [0.05, 0.1) is 11.8 Å². The third-order valence-electron chi connectivity index (χ3n) is 4.59. The topological polar surface area (TPSA) is 66.4 Å². The molecular formula is C15H27NO3. The zero-order valence-corrected chi connectivity index (χ0v) is 12.5. The smallest absolute Gasteiger partial charge is 0.307 e. The van der Waals surface area contributed by atoms with E-state index in [4.69, 9.17) is 0 Å². The van der Waals surface area contributed by atoms with E-state index in [0.717, 1.165) is 12.8 Å². The van der Waals surface area contributed by atoms with Crippen molar-refractivity contribution in [3.63, 3.8) is 0 Å². The number of carboxylic acids is 1. The minimum atomic E-state index is -0.828. The van der Waals surface area contributed by atoms with Crippen molar-refractivity contribution < 1.29 is 14.7 Å². The highest BCUT2D eigenvalue weighted by molar-refractivity contribution is 5.85. The highest BCUT2D eigenvalue weighted by atomic mass is 16.4. The van der Waals surface area contributed by atoms with Gasteiger partial charge in [-0.1, -0.05) is 34.1 Å². The standard InChI is InChI=1S/C15H27NO3/c1-5-10-7-11(12(8-10)14(18)19)13(17)16-9-15(3,4)6-2/h10-12H,5-9H2,1-4H3,(H,16,17)(H,18,19)/t10?,11-,12+/m0/s1. The second-order valence-electron chi connectivity index (χ2n) is 6.53. The van der Waals surface area contributed by atoms with Crippen LogP contribution in [0.4, 0.5) is 0 Å². The molecule has 1 aliphatic carbocycles. The lowest BCUT2D eigenvalue weighted by Crippen LogP contribution is -2.39. The van der Waals surface area contributed by atoms with Crippen molar-refractivity contribution in [3.8, 4) is 0 Å². The van der Waals surface area contributed by atoms with E-state index in [-0.39, 0.29) is 17.2 Å². The Balaban J connectivity index is 2.62. The second kappa shape index (κ2) is 6.40. The fraction of sp³-hybridized carbons (Fsp3) is 0.867. The first-order valence-electron chi connectivity index (χ1n) is 7.31. The fourth-order valence-electron chi connectivity index (χ4n) is 2.62. The van der Waals surface area contributed by atoms with Crippen LogP contribution in [-0.4, -0.2) is 23.5 Å². The monoisotopic (exact) mass is 269 g/mol. The Morgan fingerprint density at radius 1 is 1.21 bits per heavy atom. The minimum Gasteiger partial charge on any atom is -0.481 e. The molecule has 19 heavy (non-hydrogen) atoms. The molecule has 3 atom stereocenters. The SMILES string of the molecule is CCC1C[C@H](C(=O)NCC(C)(C)CC)[C@H](C(=O)O)C1. The number of carbonyl (C=O) groups excluding carboxylic acids is 1. The van der Waals surface area contributed by atoms with Crippen LogP contribution in [0.1, 0.15) is 53.4 Å². The van der Waals surface area contributed by atoms with Crippen LogP contribution in [0.3, 0.4) is 0 Å². The first-order valence-corrected chi connectivity index (χ1v) is 7.31. The maximum atomic E-state index is 12.2. The van der Waals surface area contributed by atoms with Gasteiger partial charge in [0.1, 0.15) is 0 Å². The van der Waals surface area contributed by atoms with Crippen LogP contribution in [0.5, 0.6) is 0 Å². The molecule has 0 radical (unpaired) electrons. The van der Waals surface area contributed by atoms with Crippen LogP contribution in [0.25, 0.3) is 0 Å². The van der Waals surface area contributed by atoms with E-state index in [1.165, 1.54) is 0 Å². The zero-order valence-electron chi connectivity index (χ0n) is 12.5. The molecule has 1 rings (SSSR count). The van der Waals surface area contributed by atoms with Gasteiger partial charge in [0.25, 0.3) is 0 Å². The number of carbonyl (C=O) groups is 2. The van der Waals surface area contributed by atoms with Crippen molar-refractivity contribution in [1.82, 2.24) is 5.32 Å². The van der Waals surface area contributed by atoms with E-state index in [0.29, 0.717) is 25.3 Å². The predicted molar refractivity (Wildman–Crippen MR) is 74.7 cm³/mol. The first-order chi connectivity index (χ1) is 8.80. The molecule has 0 aliphatic heterocycles. The van der Waals surface area contributed by atoms with Crippen LogP contribution >= 0.6 is 0 Å². The fourth-order valence-corrected chi connectivity index (χ4v) is 2.62. The Hall–Kier alpha value is -1.06. The summed E-state index contributed by atoms with van der Waals surface area (Å²) in [5.41, 5.74) is 0.0666. The van der Waals surface area contributed by atoms with Crippen LogP contribution in [0.2, 0.25) is 0 Å². The van der Waals surface area contributed by atoms with Gasteiger partial charge in [0, 0.05) is 6.54 Å². The van der Waals surface area contributed by atoms with Gasteiger partial charge in [-0.3, -0.25) is 9.59 Å². The Kier molecular flexibility index (Phi) is 5.39. The maximum absolute atomic E-state index is 12.2. The van der Waals surface area contributed by atoms with Crippen molar-refractivity contribution >= 4 is 11.9 Å². The van der Waals surface area contributed by atoms with E-state index >= 15 is 0 Å². The first kappa shape index (κ1) is 16.0. The van der Waals surface area contributed by atoms with Crippen molar-refractivity contribution in [1.29, 1.82) is 0 Å². The molecule has 4 heteroatoms. The van der Waals surface area contributed by atoms with Gasteiger partial charge in [0.15, 0.2) is 0 Å². The highest BCUT2D eigenvalue weighted by Crippen LogP contribution is 2.38. The molecule has 0 saturated heterocycles. The van der Waals surface area contributed by atoms with E-state index in [2.05, 4.69) is 33.0 Å². The summed E-state index contributed by atoms with van der Waals surface area (Å²) in [6, 6.07) is 0. The van der Waals surface area contributed by atoms with Crippen molar-refractivity contribution in [2.24, 2.45) is 23.2 Å². The van der Waals surface area contributed by atoms with Crippen molar-refractivity contribution in [2.45, 2.75) is 53.4 Å². The average Bonchev–Trinajstić information content (AvgIpc) is 2.80. The van der Waals surface area contributed by atoms with Gasteiger partial charge in [-0.2, -0.15) is 0 Å². The summed E-state index contributed by atoms with van der Waals surface area (Å²) >= 11 is 0. The largest absolute Gasteiger partial charge is 0.481 e. The molecule has 2 N–H and O–H groups in total. The summed E-state index contributed by atoms with van der Waals surface area (Å²) in [5.74, 6) is -1.39. The lowest BCUT2D eigenvalue weighted by Gasteiger charge is -2.24. The van der Waals surface area contributed by atoms with Gasteiger partial charge in [-0.15, -0.1) is 0 Å². The van der Waals surface area contributed by atoms with E-state index in [9.17, 15) is 14.7 Å². The molecule has 0 aromatic rings. The molecule has 0 aromatic carbocycles. The lowest BCUT2D eigenvalue weighted by atomic mass is 9.89. The third-order valence-corrected chi connectivity index (χ3v) is 4.59. The highest BCUT2D eigenvalue weighted by Gasteiger charge is 2.42. The molecule has 1 amide bonds. The number of carboxylic acid groups (broad SMARTS) is 1. The van der Waals surface area contributed by atoms with Crippen molar-refractivity contribution in [2.75, 3.05) is 6.54 Å². The summed E-state index contributed by atoms with van der Waals surface area (Å²) in [6.07, 6.45) is 3.29. The minimum absolute atomic E-state index is 0.0666. The summed E-state index contributed by atoms with van der Waals surface area (Å²) < 4.78 is 0.